The zero-order valence-corrected chi connectivity index (χ0v) is 12.1. The summed E-state index contributed by atoms with van der Waals surface area (Å²) < 4.78 is 15.5. The number of nitrogens with zero attached hydrogens (tertiary/aromatic N) is 3. The zero-order chi connectivity index (χ0) is 15.5. The maximum Gasteiger partial charge on any atom is 0.256 e. The van der Waals surface area contributed by atoms with Crippen molar-refractivity contribution >= 4 is 11.6 Å². The van der Waals surface area contributed by atoms with Crippen molar-refractivity contribution < 1.29 is 9.18 Å². The van der Waals surface area contributed by atoms with Crippen molar-refractivity contribution in [2.24, 2.45) is 0 Å². The van der Waals surface area contributed by atoms with Crippen LogP contribution in [0.25, 0.3) is 16.9 Å². The van der Waals surface area contributed by atoms with Crippen LogP contribution in [-0.4, -0.2) is 27.0 Å². The number of benzene rings is 1. The number of carbonyl (C=O) groups is 1. The fourth-order valence-electron chi connectivity index (χ4n) is 2.26. The van der Waals surface area contributed by atoms with Crippen LogP contribution < -0.4 is 5.32 Å². The van der Waals surface area contributed by atoms with Gasteiger partial charge in [0.2, 0.25) is 0 Å². The summed E-state index contributed by atoms with van der Waals surface area (Å²) in [6, 6.07) is 8.11. The minimum Gasteiger partial charge on any atom is -0.352 e. The summed E-state index contributed by atoms with van der Waals surface area (Å²) in [4.78, 5) is 16.3. The first-order chi connectivity index (χ1) is 10.7. The van der Waals surface area contributed by atoms with Gasteiger partial charge in [0.15, 0.2) is 5.65 Å². The second-order valence-corrected chi connectivity index (χ2v) is 4.86. The molecule has 2 heterocycles. The molecule has 1 amide bonds. The first-order valence-corrected chi connectivity index (χ1v) is 7.08. The van der Waals surface area contributed by atoms with E-state index in [1.165, 1.54) is 16.8 Å². The van der Waals surface area contributed by atoms with Gasteiger partial charge < -0.3 is 5.32 Å². The smallest absolute Gasteiger partial charge is 0.256 e. The molecule has 0 radical (unpaired) electrons. The summed E-state index contributed by atoms with van der Waals surface area (Å²) in [5, 5.41) is 6.98. The lowest BCUT2D eigenvalue weighted by Crippen LogP contribution is -2.23. The predicted octanol–water partition coefficient (Wildman–Crippen LogP) is 2.68. The second-order valence-electron chi connectivity index (χ2n) is 4.86. The molecular weight excluding hydrogens is 283 g/mol. The SMILES string of the molecule is CCCNC(=O)c1cnn2c(-c3ccccc3F)ccnc12. The van der Waals surface area contributed by atoms with Gasteiger partial charge in [0.25, 0.3) is 5.91 Å². The van der Waals surface area contributed by atoms with Gasteiger partial charge in [0, 0.05) is 18.3 Å². The highest BCUT2D eigenvalue weighted by Crippen LogP contribution is 2.23. The molecule has 0 aliphatic rings. The molecule has 0 bridgehead atoms. The van der Waals surface area contributed by atoms with Gasteiger partial charge in [-0.15, -0.1) is 0 Å². The molecule has 0 saturated heterocycles. The van der Waals surface area contributed by atoms with E-state index < -0.39 is 0 Å². The molecule has 0 spiro atoms. The van der Waals surface area contributed by atoms with Crippen LogP contribution >= 0.6 is 0 Å². The molecule has 0 aliphatic carbocycles. The third kappa shape index (κ3) is 2.43. The van der Waals surface area contributed by atoms with Crippen LogP contribution in [0.3, 0.4) is 0 Å². The lowest BCUT2D eigenvalue weighted by atomic mass is 10.1. The Bertz CT molecular complexity index is 828. The molecule has 0 atom stereocenters. The van der Waals surface area contributed by atoms with Gasteiger partial charge in [-0.25, -0.2) is 13.9 Å². The molecule has 0 fully saturated rings. The predicted molar refractivity (Wildman–Crippen MR) is 81.0 cm³/mol. The van der Waals surface area contributed by atoms with Gasteiger partial charge >= 0.3 is 0 Å². The molecule has 22 heavy (non-hydrogen) atoms. The first kappa shape index (κ1) is 14.2. The van der Waals surface area contributed by atoms with Crippen molar-refractivity contribution in [3.63, 3.8) is 0 Å². The van der Waals surface area contributed by atoms with E-state index in [9.17, 15) is 9.18 Å². The Morgan fingerprint density at radius 1 is 1.32 bits per heavy atom. The maximum absolute atomic E-state index is 14.0. The fraction of sp³-hybridized carbons (Fsp3) is 0.188. The average Bonchev–Trinajstić information content (AvgIpc) is 2.97. The number of nitrogens with one attached hydrogen (secondary N) is 1. The van der Waals surface area contributed by atoms with Gasteiger partial charge in [-0.1, -0.05) is 19.1 Å². The van der Waals surface area contributed by atoms with E-state index >= 15 is 0 Å². The van der Waals surface area contributed by atoms with Crippen molar-refractivity contribution in [3.8, 4) is 11.3 Å². The number of amides is 1. The highest BCUT2D eigenvalue weighted by Gasteiger charge is 2.16. The number of carbonyl (C=O) groups excluding carboxylic acids is 1. The summed E-state index contributed by atoms with van der Waals surface area (Å²) in [6.45, 7) is 2.56. The molecule has 0 aliphatic heterocycles. The third-order valence-corrected chi connectivity index (χ3v) is 3.33. The van der Waals surface area contributed by atoms with Crippen molar-refractivity contribution in [1.29, 1.82) is 0 Å². The molecule has 0 saturated carbocycles. The van der Waals surface area contributed by atoms with Gasteiger partial charge in [0.1, 0.15) is 11.4 Å². The largest absolute Gasteiger partial charge is 0.352 e. The number of aromatic nitrogens is 3. The highest BCUT2D eigenvalue weighted by molar-refractivity contribution is 5.99. The Hall–Kier alpha value is -2.76. The Labute approximate surface area is 126 Å². The Morgan fingerprint density at radius 3 is 2.91 bits per heavy atom. The third-order valence-electron chi connectivity index (χ3n) is 3.33. The minimum absolute atomic E-state index is 0.227. The van der Waals surface area contributed by atoms with Crippen LogP contribution in [0.4, 0.5) is 4.39 Å². The molecular formula is C16H15FN4O. The van der Waals surface area contributed by atoms with Crippen LogP contribution in [-0.2, 0) is 0 Å². The molecule has 1 N–H and O–H groups in total. The Morgan fingerprint density at radius 2 is 2.14 bits per heavy atom. The maximum atomic E-state index is 14.0. The number of hydrogen-bond donors (Lipinski definition) is 1. The molecule has 112 valence electrons. The van der Waals surface area contributed by atoms with Crippen LogP contribution in [0, 0.1) is 5.82 Å². The molecule has 3 aromatic rings. The minimum atomic E-state index is -0.345. The summed E-state index contributed by atoms with van der Waals surface area (Å²) in [5.41, 5.74) is 1.76. The van der Waals surface area contributed by atoms with E-state index in [1.807, 2.05) is 6.92 Å². The Balaban J connectivity index is 2.10. The number of hydrogen-bond acceptors (Lipinski definition) is 3. The highest BCUT2D eigenvalue weighted by atomic mass is 19.1. The average molecular weight is 298 g/mol. The van der Waals surface area contributed by atoms with E-state index in [0.717, 1.165) is 6.42 Å². The first-order valence-electron chi connectivity index (χ1n) is 7.08. The summed E-state index contributed by atoms with van der Waals surface area (Å²) in [7, 11) is 0. The van der Waals surface area contributed by atoms with E-state index in [-0.39, 0.29) is 11.7 Å². The van der Waals surface area contributed by atoms with Gasteiger partial charge in [-0.2, -0.15) is 5.10 Å². The van der Waals surface area contributed by atoms with Crippen molar-refractivity contribution in [2.45, 2.75) is 13.3 Å². The van der Waals surface area contributed by atoms with Gasteiger partial charge in [-0.3, -0.25) is 4.79 Å². The normalized spacial score (nSPS) is 10.8. The van der Waals surface area contributed by atoms with Gasteiger partial charge in [0.05, 0.1) is 11.9 Å². The monoisotopic (exact) mass is 298 g/mol. The standard InChI is InChI=1S/C16H15FN4O/c1-2-8-19-16(22)12-10-20-21-14(7-9-18-15(12)21)11-5-3-4-6-13(11)17/h3-7,9-10H,2,8H2,1H3,(H,19,22). The second kappa shape index (κ2) is 5.93. The lowest BCUT2D eigenvalue weighted by Gasteiger charge is -2.06. The molecule has 0 unspecified atom stereocenters. The van der Waals surface area contributed by atoms with Crippen molar-refractivity contribution in [1.82, 2.24) is 19.9 Å². The fourth-order valence-corrected chi connectivity index (χ4v) is 2.26. The number of halogens is 1. The quantitative estimate of drug-likeness (QED) is 0.805. The van der Waals surface area contributed by atoms with E-state index in [2.05, 4.69) is 15.4 Å². The van der Waals surface area contributed by atoms with Crippen LogP contribution in [0.5, 0.6) is 0 Å². The summed E-state index contributed by atoms with van der Waals surface area (Å²) in [5.74, 6) is -0.572. The molecule has 5 nitrogen and oxygen atoms in total. The molecule has 2 aromatic heterocycles. The van der Waals surface area contributed by atoms with E-state index in [4.69, 9.17) is 0 Å². The zero-order valence-electron chi connectivity index (χ0n) is 12.1. The number of rotatable bonds is 4. The van der Waals surface area contributed by atoms with E-state index in [1.54, 1.807) is 30.5 Å². The van der Waals surface area contributed by atoms with Crippen LogP contribution in [0.1, 0.15) is 23.7 Å². The van der Waals surface area contributed by atoms with Crippen molar-refractivity contribution in [3.05, 3.63) is 54.1 Å². The van der Waals surface area contributed by atoms with Crippen molar-refractivity contribution in [2.75, 3.05) is 6.54 Å². The topological polar surface area (TPSA) is 59.3 Å². The Kier molecular flexibility index (Phi) is 3.82. The van der Waals surface area contributed by atoms with Crippen LogP contribution in [0.2, 0.25) is 0 Å². The molecule has 1 aromatic carbocycles. The summed E-state index contributed by atoms with van der Waals surface area (Å²) >= 11 is 0. The summed E-state index contributed by atoms with van der Waals surface area (Å²) in [6.07, 6.45) is 3.85. The van der Waals surface area contributed by atoms with Gasteiger partial charge in [-0.05, 0) is 24.6 Å². The lowest BCUT2D eigenvalue weighted by molar-refractivity contribution is 0.0955. The number of fused-ring (bicyclic) bond motifs is 1. The molecule has 6 heteroatoms. The van der Waals surface area contributed by atoms with Crippen LogP contribution in [0.15, 0.2) is 42.7 Å². The van der Waals surface area contributed by atoms with E-state index in [0.29, 0.717) is 29.0 Å². The molecule has 3 rings (SSSR count).